The molecule has 0 bridgehead atoms. The molecular weight excluding hydrogens is 320 g/mol. The average molecular weight is 346 g/mol. The molecule has 0 unspecified atom stereocenters. The van der Waals surface area contributed by atoms with Crippen molar-refractivity contribution in [2.45, 2.75) is 26.3 Å². The summed E-state index contributed by atoms with van der Waals surface area (Å²) in [6.07, 6.45) is 3.99. The number of guanidine groups is 1. The largest absolute Gasteiger partial charge is 0.357 e. The third-order valence-corrected chi connectivity index (χ3v) is 4.26. The molecule has 1 heterocycles. The van der Waals surface area contributed by atoms with Crippen LogP contribution in [0, 0.1) is 0 Å². The second-order valence-electron chi connectivity index (χ2n) is 6.19. The summed E-state index contributed by atoms with van der Waals surface area (Å²) in [4.78, 5) is 9.22. The van der Waals surface area contributed by atoms with Gasteiger partial charge in [-0.25, -0.2) is 4.99 Å². The summed E-state index contributed by atoms with van der Waals surface area (Å²) in [5, 5.41) is 9.10. The number of hydrogen-bond donors (Lipinski definition) is 2. The van der Waals surface area contributed by atoms with Crippen LogP contribution in [-0.4, -0.2) is 24.0 Å². The summed E-state index contributed by atoms with van der Waals surface area (Å²) in [5.41, 5.74) is 2.38. The lowest BCUT2D eigenvalue weighted by molar-refractivity contribution is 0.743. The highest BCUT2D eigenvalue weighted by Gasteiger charge is 2.02. The summed E-state index contributed by atoms with van der Waals surface area (Å²) >= 11 is 0. The zero-order valence-electron chi connectivity index (χ0n) is 15.3. The molecule has 0 aliphatic heterocycles. The molecule has 0 spiro atoms. The lowest BCUT2D eigenvalue weighted by Gasteiger charge is -2.11. The van der Waals surface area contributed by atoms with Crippen LogP contribution in [0.5, 0.6) is 0 Å². The minimum Gasteiger partial charge on any atom is -0.357 e. The second kappa shape index (κ2) is 9.56. The first kappa shape index (κ1) is 17.9. The normalized spacial score (nSPS) is 11.5. The van der Waals surface area contributed by atoms with Gasteiger partial charge >= 0.3 is 0 Å². The van der Waals surface area contributed by atoms with Crippen molar-refractivity contribution in [1.29, 1.82) is 0 Å². The van der Waals surface area contributed by atoms with E-state index in [1.165, 1.54) is 16.3 Å². The molecule has 2 aromatic carbocycles. The van der Waals surface area contributed by atoms with Crippen LogP contribution in [0.2, 0.25) is 0 Å². The van der Waals surface area contributed by atoms with E-state index in [9.17, 15) is 0 Å². The number of aromatic nitrogens is 1. The highest BCUT2D eigenvalue weighted by molar-refractivity contribution is 5.85. The molecule has 1 aromatic heterocycles. The van der Waals surface area contributed by atoms with E-state index < -0.39 is 0 Å². The van der Waals surface area contributed by atoms with E-state index in [0.29, 0.717) is 6.54 Å². The second-order valence-corrected chi connectivity index (χ2v) is 6.19. The van der Waals surface area contributed by atoms with E-state index in [4.69, 9.17) is 4.99 Å². The Bertz CT molecular complexity index is 838. The maximum atomic E-state index is 4.71. The van der Waals surface area contributed by atoms with Gasteiger partial charge in [-0.1, -0.05) is 54.6 Å². The summed E-state index contributed by atoms with van der Waals surface area (Å²) in [5.74, 6) is 0.843. The predicted octanol–water partition coefficient (Wildman–Crippen LogP) is 3.92. The van der Waals surface area contributed by atoms with Gasteiger partial charge in [-0.3, -0.25) is 4.98 Å². The van der Waals surface area contributed by atoms with E-state index in [1.54, 1.807) is 0 Å². The van der Waals surface area contributed by atoms with Crippen molar-refractivity contribution in [3.8, 4) is 0 Å². The quantitative estimate of drug-likeness (QED) is 0.387. The van der Waals surface area contributed by atoms with Gasteiger partial charge in [0.15, 0.2) is 5.96 Å². The number of aryl methyl sites for hydroxylation is 1. The topological polar surface area (TPSA) is 49.3 Å². The standard InChI is InChI=1S/C22H26N4/c1-2-23-22(25-15-8-11-18-9-4-3-5-10-18)26-17-21-20-13-7-6-12-19(20)14-16-24-21/h3-7,9-10,12-14,16H,2,8,11,15,17H2,1H3,(H2,23,25,26). The van der Waals surface area contributed by atoms with Crippen molar-refractivity contribution in [2.24, 2.45) is 4.99 Å². The molecule has 4 heteroatoms. The molecule has 0 saturated heterocycles. The van der Waals surface area contributed by atoms with Gasteiger partial charge < -0.3 is 10.6 Å². The molecule has 3 aromatic rings. The van der Waals surface area contributed by atoms with Crippen LogP contribution in [0.3, 0.4) is 0 Å². The van der Waals surface area contributed by atoms with E-state index in [1.807, 2.05) is 24.4 Å². The van der Waals surface area contributed by atoms with E-state index in [0.717, 1.165) is 37.6 Å². The molecule has 0 radical (unpaired) electrons. The van der Waals surface area contributed by atoms with Gasteiger partial charge in [-0.2, -0.15) is 0 Å². The lowest BCUT2D eigenvalue weighted by atomic mass is 10.1. The minimum atomic E-state index is 0.565. The highest BCUT2D eigenvalue weighted by atomic mass is 15.2. The fraction of sp³-hybridized carbons (Fsp3) is 0.273. The summed E-state index contributed by atoms with van der Waals surface area (Å²) in [7, 11) is 0. The number of pyridine rings is 1. The fourth-order valence-corrected chi connectivity index (χ4v) is 2.95. The first-order valence-corrected chi connectivity index (χ1v) is 9.25. The number of fused-ring (bicyclic) bond motifs is 1. The summed E-state index contributed by atoms with van der Waals surface area (Å²) < 4.78 is 0. The SMILES string of the molecule is CCNC(=NCc1nccc2ccccc12)NCCCc1ccccc1. The maximum Gasteiger partial charge on any atom is 0.191 e. The number of rotatable bonds is 7. The molecule has 3 rings (SSSR count). The third kappa shape index (κ3) is 5.06. The Morgan fingerprint density at radius 1 is 0.962 bits per heavy atom. The van der Waals surface area contributed by atoms with Gasteiger partial charge in [0.1, 0.15) is 0 Å². The van der Waals surface area contributed by atoms with Crippen molar-refractivity contribution in [2.75, 3.05) is 13.1 Å². The Labute approximate surface area is 155 Å². The van der Waals surface area contributed by atoms with Crippen LogP contribution < -0.4 is 10.6 Å². The summed E-state index contributed by atoms with van der Waals surface area (Å²) in [6.45, 7) is 4.38. The predicted molar refractivity (Wildman–Crippen MR) is 109 cm³/mol. The Balaban J connectivity index is 1.58. The molecule has 2 N–H and O–H groups in total. The van der Waals surface area contributed by atoms with E-state index >= 15 is 0 Å². The molecule has 4 nitrogen and oxygen atoms in total. The van der Waals surface area contributed by atoms with Gasteiger partial charge in [0.25, 0.3) is 0 Å². The fourth-order valence-electron chi connectivity index (χ4n) is 2.95. The summed E-state index contributed by atoms with van der Waals surface area (Å²) in [6, 6.07) is 20.9. The molecule has 0 saturated carbocycles. The van der Waals surface area contributed by atoms with Gasteiger partial charge in [-0.05, 0) is 36.8 Å². The van der Waals surface area contributed by atoms with Crippen LogP contribution in [0.15, 0.2) is 71.9 Å². The lowest BCUT2D eigenvalue weighted by Crippen LogP contribution is -2.37. The first-order chi connectivity index (χ1) is 12.9. The van der Waals surface area contributed by atoms with E-state index in [-0.39, 0.29) is 0 Å². The minimum absolute atomic E-state index is 0.565. The van der Waals surface area contributed by atoms with Crippen molar-refractivity contribution in [3.63, 3.8) is 0 Å². The van der Waals surface area contributed by atoms with Crippen LogP contribution in [-0.2, 0) is 13.0 Å². The van der Waals surface area contributed by atoms with Crippen LogP contribution in [0.25, 0.3) is 10.8 Å². The van der Waals surface area contributed by atoms with Crippen molar-refractivity contribution < 1.29 is 0 Å². The molecular formula is C22H26N4. The van der Waals surface area contributed by atoms with Gasteiger partial charge in [0.2, 0.25) is 0 Å². The van der Waals surface area contributed by atoms with Crippen LogP contribution in [0.4, 0.5) is 0 Å². The Hall–Kier alpha value is -2.88. The van der Waals surface area contributed by atoms with Crippen molar-refractivity contribution in [1.82, 2.24) is 15.6 Å². The van der Waals surface area contributed by atoms with Gasteiger partial charge in [0.05, 0.1) is 12.2 Å². The smallest absolute Gasteiger partial charge is 0.191 e. The zero-order chi connectivity index (χ0) is 18.0. The monoisotopic (exact) mass is 346 g/mol. The van der Waals surface area contributed by atoms with Crippen LogP contribution >= 0.6 is 0 Å². The number of benzene rings is 2. The van der Waals surface area contributed by atoms with Gasteiger partial charge in [-0.15, -0.1) is 0 Å². The number of hydrogen-bond acceptors (Lipinski definition) is 2. The molecule has 0 aliphatic rings. The van der Waals surface area contributed by atoms with E-state index in [2.05, 4.69) is 65.0 Å². The maximum absolute atomic E-state index is 4.71. The molecule has 0 atom stereocenters. The molecule has 26 heavy (non-hydrogen) atoms. The molecule has 0 aliphatic carbocycles. The Kier molecular flexibility index (Phi) is 6.59. The van der Waals surface area contributed by atoms with Gasteiger partial charge in [0, 0.05) is 24.7 Å². The van der Waals surface area contributed by atoms with Crippen molar-refractivity contribution in [3.05, 3.63) is 78.1 Å². The Morgan fingerprint density at radius 2 is 1.77 bits per heavy atom. The molecule has 0 fully saturated rings. The third-order valence-electron chi connectivity index (χ3n) is 4.26. The molecule has 0 amide bonds. The van der Waals surface area contributed by atoms with Crippen molar-refractivity contribution >= 4 is 16.7 Å². The Morgan fingerprint density at radius 3 is 2.62 bits per heavy atom. The average Bonchev–Trinajstić information content (AvgIpc) is 2.70. The van der Waals surface area contributed by atoms with Crippen LogP contribution in [0.1, 0.15) is 24.6 Å². The number of aliphatic imine (C=N–C) groups is 1. The number of nitrogens with zero attached hydrogens (tertiary/aromatic N) is 2. The first-order valence-electron chi connectivity index (χ1n) is 9.25. The molecule has 134 valence electrons. The highest BCUT2D eigenvalue weighted by Crippen LogP contribution is 2.16. The number of nitrogens with one attached hydrogen (secondary N) is 2. The zero-order valence-corrected chi connectivity index (χ0v) is 15.3.